The molecule has 0 spiro atoms. The van der Waals surface area contributed by atoms with Gasteiger partial charge in [-0.15, -0.1) is 0 Å². The number of carbonyl (C=O) groups excluding carboxylic acids is 3. The number of hydrogen-bond acceptors (Lipinski definition) is 5. The second kappa shape index (κ2) is 9.77. The highest BCUT2D eigenvalue weighted by Gasteiger charge is 2.15. The van der Waals surface area contributed by atoms with Gasteiger partial charge in [-0.3, -0.25) is 14.4 Å². The van der Waals surface area contributed by atoms with Crippen LogP contribution in [0, 0.1) is 5.92 Å². The normalized spacial score (nSPS) is 12.3. The number of hydrogen-bond donors (Lipinski definition) is 3. The minimum absolute atomic E-state index is 0.0123. The molecular formula is C13H25N3O3S. The summed E-state index contributed by atoms with van der Waals surface area (Å²) < 4.78 is 0. The van der Waals surface area contributed by atoms with E-state index in [0.29, 0.717) is 11.0 Å². The number of rotatable bonds is 9. The largest absolute Gasteiger partial charge is 0.347 e. The summed E-state index contributed by atoms with van der Waals surface area (Å²) in [6.07, 6.45) is 0. The van der Waals surface area contributed by atoms with Gasteiger partial charge in [-0.2, -0.15) is 11.8 Å². The molecule has 0 saturated heterocycles. The summed E-state index contributed by atoms with van der Waals surface area (Å²) in [5, 5.41) is 5.32. The fraction of sp³-hybridized carbons (Fsp3) is 0.769. The van der Waals surface area contributed by atoms with E-state index in [2.05, 4.69) is 10.6 Å². The summed E-state index contributed by atoms with van der Waals surface area (Å²) in [5.41, 5.74) is 5.69. The Morgan fingerprint density at radius 1 is 1.05 bits per heavy atom. The van der Waals surface area contributed by atoms with Crippen LogP contribution in [-0.2, 0) is 14.4 Å². The zero-order valence-corrected chi connectivity index (χ0v) is 13.4. The average molecular weight is 303 g/mol. The van der Waals surface area contributed by atoms with Crippen LogP contribution in [0.1, 0.15) is 27.7 Å². The fourth-order valence-corrected chi connectivity index (χ4v) is 1.87. The first-order valence-electron chi connectivity index (χ1n) is 6.68. The minimum Gasteiger partial charge on any atom is -0.347 e. The van der Waals surface area contributed by atoms with Gasteiger partial charge < -0.3 is 16.4 Å². The monoisotopic (exact) mass is 303 g/mol. The molecule has 0 unspecified atom stereocenters. The van der Waals surface area contributed by atoms with Crippen LogP contribution < -0.4 is 16.4 Å². The van der Waals surface area contributed by atoms with Gasteiger partial charge in [0.25, 0.3) is 0 Å². The van der Waals surface area contributed by atoms with Gasteiger partial charge >= 0.3 is 0 Å². The van der Waals surface area contributed by atoms with Gasteiger partial charge in [-0.1, -0.05) is 27.7 Å². The number of carbonyl (C=O) groups is 3. The smallest absolute Gasteiger partial charge is 0.239 e. The predicted octanol–water partition coefficient (Wildman–Crippen LogP) is -0.0872. The molecule has 0 aromatic carbocycles. The standard InChI is InChI=1S/C13H25N3O3S/c1-8(2)11(17)5-15-12(18)6-16-13(19)10(14)7-20-9(3)4/h8-10H,5-7,14H2,1-4H3,(H,15,18)(H,16,19)/t10-/m0/s1. The zero-order chi connectivity index (χ0) is 15.7. The van der Waals surface area contributed by atoms with Gasteiger partial charge in [0.2, 0.25) is 11.8 Å². The van der Waals surface area contributed by atoms with Crippen LogP contribution in [0.3, 0.4) is 0 Å². The van der Waals surface area contributed by atoms with Crippen LogP contribution in [0.4, 0.5) is 0 Å². The Bertz CT molecular complexity index is 346. The topological polar surface area (TPSA) is 101 Å². The van der Waals surface area contributed by atoms with Crippen molar-refractivity contribution in [1.29, 1.82) is 0 Å². The van der Waals surface area contributed by atoms with Gasteiger partial charge in [-0.25, -0.2) is 0 Å². The Morgan fingerprint density at radius 2 is 1.65 bits per heavy atom. The van der Waals surface area contributed by atoms with Gasteiger partial charge in [0.15, 0.2) is 5.78 Å². The van der Waals surface area contributed by atoms with E-state index in [1.54, 1.807) is 25.6 Å². The highest BCUT2D eigenvalue weighted by molar-refractivity contribution is 7.99. The van der Waals surface area contributed by atoms with E-state index >= 15 is 0 Å². The Balaban J connectivity index is 3.88. The lowest BCUT2D eigenvalue weighted by Gasteiger charge is -2.13. The van der Waals surface area contributed by atoms with Crippen molar-refractivity contribution in [3.05, 3.63) is 0 Å². The third-order valence-electron chi connectivity index (χ3n) is 2.47. The summed E-state index contributed by atoms with van der Waals surface area (Å²) >= 11 is 1.59. The summed E-state index contributed by atoms with van der Waals surface area (Å²) in [5.74, 6) is -0.405. The SMILES string of the molecule is CC(C)SC[C@H](N)C(=O)NCC(=O)NCC(=O)C(C)C. The molecule has 20 heavy (non-hydrogen) atoms. The lowest BCUT2D eigenvalue weighted by Crippen LogP contribution is -2.46. The molecule has 0 aromatic heterocycles. The predicted molar refractivity (Wildman–Crippen MR) is 81.4 cm³/mol. The van der Waals surface area contributed by atoms with Crippen LogP contribution in [0.25, 0.3) is 0 Å². The molecule has 7 heteroatoms. The fourth-order valence-electron chi connectivity index (χ4n) is 1.12. The number of nitrogens with one attached hydrogen (secondary N) is 2. The molecule has 4 N–H and O–H groups in total. The highest BCUT2D eigenvalue weighted by Crippen LogP contribution is 2.09. The Kier molecular flexibility index (Phi) is 9.24. The molecule has 0 heterocycles. The van der Waals surface area contributed by atoms with Crippen LogP contribution >= 0.6 is 11.8 Å². The van der Waals surface area contributed by atoms with Crippen molar-refractivity contribution in [1.82, 2.24) is 10.6 Å². The van der Waals surface area contributed by atoms with Gasteiger partial charge in [0.1, 0.15) is 0 Å². The molecule has 0 rings (SSSR count). The molecule has 0 saturated carbocycles. The van der Waals surface area contributed by atoms with Crippen molar-refractivity contribution in [3.8, 4) is 0 Å². The Labute approximate surface area is 124 Å². The lowest BCUT2D eigenvalue weighted by atomic mass is 10.1. The van der Waals surface area contributed by atoms with Crippen molar-refractivity contribution in [2.75, 3.05) is 18.8 Å². The molecule has 0 aromatic rings. The molecule has 0 bridgehead atoms. The van der Waals surface area contributed by atoms with E-state index in [9.17, 15) is 14.4 Å². The number of Topliss-reactive ketones (excluding diaryl/α,β-unsaturated/α-hetero) is 1. The van der Waals surface area contributed by atoms with Crippen molar-refractivity contribution >= 4 is 29.4 Å². The lowest BCUT2D eigenvalue weighted by molar-refractivity contribution is -0.128. The van der Waals surface area contributed by atoms with Crippen molar-refractivity contribution in [2.45, 2.75) is 39.0 Å². The summed E-state index contributed by atoms with van der Waals surface area (Å²) in [4.78, 5) is 34.4. The maximum Gasteiger partial charge on any atom is 0.239 e. The van der Waals surface area contributed by atoms with E-state index in [4.69, 9.17) is 5.73 Å². The second-order valence-corrected chi connectivity index (χ2v) is 6.71. The minimum atomic E-state index is -0.632. The maximum atomic E-state index is 11.6. The third kappa shape index (κ3) is 8.92. The molecule has 1 atom stereocenters. The second-order valence-electron chi connectivity index (χ2n) is 5.10. The number of nitrogens with two attached hydrogens (primary N) is 1. The van der Waals surface area contributed by atoms with Gasteiger partial charge in [0, 0.05) is 11.7 Å². The van der Waals surface area contributed by atoms with Crippen molar-refractivity contribution in [2.24, 2.45) is 11.7 Å². The molecule has 0 aliphatic heterocycles. The van der Waals surface area contributed by atoms with E-state index < -0.39 is 11.9 Å². The van der Waals surface area contributed by atoms with Crippen LogP contribution in [0.15, 0.2) is 0 Å². The molecule has 0 radical (unpaired) electrons. The van der Waals surface area contributed by atoms with E-state index in [0.717, 1.165) is 0 Å². The van der Waals surface area contributed by atoms with E-state index in [-0.39, 0.29) is 30.7 Å². The van der Waals surface area contributed by atoms with Crippen LogP contribution in [-0.4, -0.2) is 47.7 Å². The summed E-state index contributed by atoms with van der Waals surface area (Å²) in [6.45, 7) is 7.40. The van der Waals surface area contributed by atoms with Crippen LogP contribution in [0.5, 0.6) is 0 Å². The number of thioether (sulfide) groups is 1. The molecule has 0 aliphatic carbocycles. The Hall–Kier alpha value is -1.08. The molecule has 2 amide bonds. The molecular weight excluding hydrogens is 278 g/mol. The third-order valence-corrected chi connectivity index (χ3v) is 3.69. The van der Waals surface area contributed by atoms with Crippen molar-refractivity contribution < 1.29 is 14.4 Å². The quantitative estimate of drug-likeness (QED) is 0.553. The summed E-state index contributed by atoms with van der Waals surface area (Å²) in [6, 6.07) is -0.632. The zero-order valence-electron chi connectivity index (χ0n) is 12.6. The first-order valence-corrected chi connectivity index (χ1v) is 7.73. The summed E-state index contributed by atoms with van der Waals surface area (Å²) in [7, 11) is 0. The van der Waals surface area contributed by atoms with E-state index in [1.165, 1.54) is 0 Å². The molecule has 0 aliphatic rings. The molecule has 116 valence electrons. The molecule has 0 fully saturated rings. The van der Waals surface area contributed by atoms with Crippen molar-refractivity contribution in [3.63, 3.8) is 0 Å². The Morgan fingerprint density at radius 3 is 2.15 bits per heavy atom. The molecule has 6 nitrogen and oxygen atoms in total. The first-order chi connectivity index (χ1) is 9.23. The van der Waals surface area contributed by atoms with Gasteiger partial charge in [0.05, 0.1) is 19.1 Å². The van der Waals surface area contributed by atoms with Crippen LogP contribution in [0.2, 0.25) is 0 Å². The maximum absolute atomic E-state index is 11.6. The first kappa shape index (κ1) is 18.9. The van der Waals surface area contributed by atoms with Gasteiger partial charge in [-0.05, 0) is 5.25 Å². The van der Waals surface area contributed by atoms with E-state index in [1.807, 2.05) is 13.8 Å². The number of amides is 2. The number of ketones is 1. The average Bonchev–Trinajstić information content (AvgIpc) is 2.38. The highest BCUT2D eigenvalue weighted by atomic mass is 32.2.